The zero-order chi connectivity index (χ0) is 17.8. The van der Waals surface area contributed by atoms with Crippen molar-refractivity contribution in [2.45, 2.75) is 12.3 Å². The molecule has 0 atom stereocenters. The highest BCUT2D eigenvalue weighted by Gasteiger charge is 2.17. The molecule has 0 radical (unpaired) electrons. The van der Waals surface area contributed by atoms with Crippen LogP contribution in [0, 0.1) is 11.6 Å². The van der Waals surface area contributed by atoms with Crippen molar-refractivity contribution in [3.63, 3.8) is 0 Å². The molecule has 0 amide bonds. The zero-order valence-electron chi connectivity index (χ0n) is 13.1. The summed E-state index contributed by atoms with van der Waals surface area (Å²) in [6.45, 7) is 1.27. The van der Waals surface area contributed by atoms with Gasteiger partial charge >= 0.3 is 0 Å². The summed E-state index contributed by atoms with van der Waals surface area (Å²) in [6, 6.07) is 9.26. The molecule has 0 saturated carbocycles. The number of aliphatic imine (C=N–C) groups is 1. The van der Waals surface area contributed by atoms with Crippen LogP contribution < -0.4 is 5.32 Å². The van der Waals surface area contributed by atoms with Crippen LogP contribution in [-0.2, 0) is 12.3 Å². The summed E-state index contributed by atoms with van der Waals surface area (Å²) in [6.07, 6.45) is 0. The molecule has 132 valence electrons. The minimum absolute atomic E-state index is 0.327. The van der Waals surface area contributed by atoms with E-state index in [9.17, 15) is 8.78 Å². The number of hydrogen-bond donors (Lipinski definition) is 1. The molecule has 0 aliphatic carbocycles. The van der Waals surface area contributed by atoms with E-state index in [0.29, 0.717) is 52.0 Å². The third kappa shape index (κ3) is 4.64. The second kappa shape index (κ2) is 8.36. The predicted octanol–water partition coefficient (Wildman–Crippen LogP) is 4.88. The number of halogens is 4. The Balaban J connectivity index is 1.58. The number of benzene rings is 2. The molecule has 0 aromatic heterocycles. The largest absolute Gasteiger partial charge is 0.352 e. The van der Waals surface area contributed by atoms with E-state index in [4.69, 9.17) is 23.2 Å². The zero-order valence-corrected chi connectivity index (χ0v) is 15.4. The second-order valence-electron chi connectivity index (χ2n) is 5.46. The summed E-state index contributed by atoms with van der Waals surface area (Å²) in [5.41, 5.74) is 0.912. The van der Waals surface area contributed by atoms with Gasteiger partial charge in [0.15, 0.2) is 5.17 Å². The fourth-order valence-electron chi connectivity index (χ4n) is 2.37. The molecule has 1 aliphatic heterocycles. The molecule has 25 heavy (non-hydrogen) atoms. The van der Waals surface area contributed by atoms with Crippen LogP contribution in [0.25, 0.3) is 0 Å². The fourth-order valence-corrected chi connectivity index (χ4v) is 3.79. The first kappa shape index (κ1) is 18.5. The molecular formula is C17H15Cl2F2N3S. The number of nitrogens with one attached hydrogen (secondary N) is 1. The molecule has 0 saturated heterocycles. The van der Waals surface area contributed by atoms with Crippen molar-refractivity contribution in [1.29, 1.82) is 0 Å². The maximum Gasteiger partial charge on any atom is 0.159 e. The molecule has 0 spiro atoms. The van der Waals surface area contributed by atoms with Gasteiger partial charge in [0.05, 0.1) is 13.3 Å². The molecule has 1 N–H and O–H groups in total. The van der Waals surface area contributed by atoms with Gasteiger partial charge in [-0.15, -0.1) is 0 Å². The molecule has 2 aromatic carbocycles. The lowest BCUT2D eigenvalue weighted by molar-refractivity contribution is 0.255. The van der Waals surface area contributed by atoms with Crippen molar-refractivity contribution in [1.82, 2.24) is 10.2 Å². The number of amidine groups is 1. The first-order valence-electron chi connectivity index (χ1n) is 7.54. The first-order valence-corrected chi connectivity index (χ1v) is 9.28. The van der Waals surface area contributed by atoms with E-state index in [1.165, 1.54) is 23.9 Å². The Hall–Kier alpha value is -1.34. The van der Waals surface area contributed by atoms with Gasteiger partial charge in [-0.3, -0.25) is 4.90 Å². The maximum atomic E-state index is 13.8. The quantitative estimate of drug-likeness (QED) is 0.790. The molecular weight excluding hydrogens is 387 g/mol. The van der Waals surface area contributed by atoms with Crippen LogP contribution in [0.4, 0.5) is 8.78 Å². The first-order chi connectivity index (χ1) is 12.0. The van der Waals surface area contributed by atoms with Gasteiger partial charge < -0.3 is 5.32 Å². The third-order valence-corrected chi connectivity index (χ3v) is 5.41. The highest BCUT2D eigenvalue weighted by molar-refractivity contribution is 8.13. The Labute approximate surface area is 159 Å². The van der Waals surface area contributed by atoms with Gasteiger partial charge in [0.25, 0.3) is 0 Å². The van der Waals surface area contributed by atoms with E-state index in [1.54, 1.807) is 24.3 Å². The lowest BCUT2D eigenvalue weighted by atomic mass is 10.2. The van der Waals surface area contributed by atoms with Gasteiger partial charge in [0.2, 0.25) is 0 Å². The lowest BCUT2D eigenvalue weighted by Gasteiger charge is -2.27. The third-order valence-electron chi connectivity index (χ3n) is 3.73. The van der Waals surface area contributed by atoms with Gasteiger partial charge in [-0.2, -0.15) is 0 Å². The standard InChI is InChI=1S/C17H15Cl2F2N3S/c18-13-3-1-5-15(20)11(13)7-24-9-22-17(23-10-24)25-8-12-14(19)4-2-6-16(12)21/h1-6H,7-10H2,(H,22,23). The lowest BCUT2D eigenvalue weighted by Crippen LogP contribution is -2.41. The average Bonchev–Trinajstić information content (AvgIpc) is 2.59. The van der Waals surface area contributed by atoms with Crippen LogP contribution in [0.2, 0.25) is 10.0 Å². The van der Waals surface area contributed by atoms with Crippen LogP contribution in [0.3, 0.4) is 0 Å². The summed E-state index contributed by atoms with van der Waals surface area (Å²) >= 11 is 13.5. The van der Waals surface area contributed by atoms with Crippen molar-refractivity contribution in [3.05, 3.63) is 69.2 Å². The van der Waals surface area contributed by atoms with Crippen molar-refractivity contribution in [3.8, 4) is 0 Å². The van der Waals surface area contributed by atoms with Gasteiger partial charge in [-0.05, 0) is 24.3 Å². The number of rotatable bonds is 4. The molecule has 0 unspecified atom stereocenters. The van der Waals surface area contributed by atoms with E-state index >= 15 is 0 Å². The molecule has 1 aliphatic rings. The Morgan fingerprint density at radius 3 is 2.24 bits per heavy atom. The monoisotopic (exact) mass is 401 g/mol. The number of nitrogens with zero attached hydrogens (tertiary/aromatic N) is 2. The molecule has 0 bridgehead atoms. The van der Waals surface area contributed by atoms with E-state index in [1.807, 2.05) is 4.90 Å². The van der Waals surface area contributed by atoms with Crippen LogP contribution in [-0.4, -0.2) is 23.4 Å². The Morgan fingerprint density at radius 1 is 1.04 bits per heavy atom. The number of hydrogen-bond acceptors (Lipinski definition) is 4. The van der Waals surface area contributed by atoms with Gasteiger partial charge in [-0.1, -0.05) is 47.1 Å². The van der Waals surface area contributed by atoms with Gasteiger partial charge in [0, 0.05) is 33.5 Å². The topological polar surface area (TPSA) is 27.6 Å². The molecule has 8 heteroatoms. The molecule has 1 heterocycles. The van der Waals surface area contributed by atoms with Gasteiger partial charge in [-0.25, -0.2) is 13.8 Å². The minimum Gasteiger partial charge on any atom is -0.352 e. The van der Waals surface area contributed by atoms with E-state index < -0.39 is 0 Å². The van der Waals surface area contributed by atoms with Gasteiger partial charge in [0.1, 0.15) is 11.6 Å². The van der Waals surface area contributed by atoms with E-state index in [-0.39, 0.29) is 11.6 Å². The predicted molar refractivity (Wildman–Crippen MR) is 100.0 cm³/mol. The summed E-state index contributed by atoms with van der Waals surface area (Å²) in [7, 11) is 0. The average molecular weight is 402 g/mol. The Kier molecular flexibility index (Phi) is 6.17. The van der Waals surface area contributed by atoms with E-state index in [0.717, 1.165) is 0 Å². The smallest absolute Gasteiger partial charge is 0.159 e. The van der Waals surface area contributed by atoms with Crippen molar-refractivity contribution >= 4 is 40.1 Å². The van der Waals surface area contributed by atoms with Crippen molar-refractivity contribution in [2.24, 2.45) is 4.99 Å². The van der Waals surface area contributed by atoms with Crippen molar-refractivity contribution in [2.75, 3.05) is 13.3 Å². The van der Waals surface area contributed by atoms with Crippen LogP contribution in [0.15, 0.2) is 41.4 Å². The molecule has 2 aromatic rings. The summed E-state index contributed by atoms with van der Waals surface area (Å²) in [5.74, 6) is -0.269. The van der Waals surface area contributed by atoms with Crippen LogP contribution >= 0.6 is 35.0 Å². The van der Waals surface area contributed by atoms with Crippen LogP contribution in [0.5, 0.6) is 0 Å². The van der Waals surface area contributed by atoms with E-state index in [2.05, 4.69) is 10.3 Å². The molecule has 0 fully saturated rings. The SMILES string of the molecule is Fc1cccc(Cl)c1CSC1=NCN(Cc2c(F)cccc2Cl)CN1. The van der Waals surface area contributed by atoms with Crippen molar-refractivity contribution < 1.29 is 8.78 Å². The molecule has 3 nitrogen and oxygen atoms in total. The summed E-state index contributed by atoms with van der Waals surface area (Å²) < 4.78 is 27.6. The highest BCUT2D eigenvalue weighted by atomic mass is 35.5. The van der Waals surface area contributed by atoms with Crippen LogP contribution in [0.1, 0.15) is 11.1 Å². The maximum absolute atomic E-state index is 13.8. The highest BCUT2D eigenvalue weighted by Crippen LogP contribution is 2.25. The Morgan fingerprint density at radius 2 is 1.68 bits per heavy atom. The fraction of sp³-hybridized carbons (Fsp3) is 0.235. The second-order valence-corrected chi connectivity index (χ2v) is 7.24. The summed E-state index contributed by atoms with van der Waals surface area (Å²) in [5, 5.41) is 4.65. The summed E-state index contributed by atoms with van der Waals surface area (Å²) in [4.78, 5) is 6.33. The number of thioether (sulfide) groups is 1. The minimum atomic E-state index is -0.328. The normalized spacial score (nSPS) is 15.0. The Bertz CT molecular complexity index is 761. The molecule has 3 rings (SSSR count).